The zero-order chi connectivity index (χ0) is 11.8. The van der Waals surface area contributed by atoms with Crippen molar-refractivity contribution >= 4 is 5.91 Å². The van der Waals surface area contributed by atoms with Crippen LogP contribution in [0.2, 0.25) is 0 Å². The Morgan fingerprint density at radius 1 is 1.62 bits per heavy atom. The van der Waals surface area contributed by atoms with Crippen LogP contribution in [0.3, 0.4) is 0 Å². The van der Waals surface area contributed by atoms with Gasteiger partial charge in [0.25, 0.3) is 0 Å². The number of carbonyl (C=O) groups is 1. The topological polar surface area (TPSA) is 79.6 Å². The Balaban J connectivity index is 2.16. The normalized spacial score (nSPS) is 22.0. The van der Waals surface area contributed by atoms with Crippen molar-refractivity contribution in [3.63, 3.8) is 0 Å². The Morgan fingerprint density at radius 3 is 3.12 bits per heavy atom. The van der Waals surface area contributed by atoms with Gasteiger partial charge in [-0.15, -0.1) is 0 Å². The summed E-state index contributed by atoms with van der Waals surface area (Å²) in [5.74, 6) is -0.00878. The van der Waals surface area contributed by atoms with Gasteiger partial charge < -0.3 is 21.1 Å². The Morgan fingerprint density at radius 2 is 2.44 bits per heavy atom. The molecule has 0 spiro atoms. The van der Waals surface area contributed by atoms with Gasteiger partial charge in [0.15, 0.2) is 0 Å². The molecule has 94 valence electrons. The lowest BCUT2D eigenvalue weighted by Crippen LogP contribution is -2.49. The molecule has 1 amide bonds. The smallest absolute Gasteiger partial charge is 0.216 e. The van der Waals surface area contributed by atoms with Crippen LogP contribution in [-0.4, -0.2) is 62.9 Å². The van der Waals surface area contributed by atoms with Crippen molar-refractivity contribution in [2.75, 3.05) is 46.0 Å². The molecule has 1 fully saturated rings. The van der Waals surface area contributed by atoms with Gasteiger partial charge in [-0.05, 0) is 0 Å². The monoisotopic (exact) mass is 230 g/mol. The minimum absolute atomic E-state index is 0.00878. The molecule has 1 aliphatic rings. The minimum atomic E-state index is -0.00878. The number of rotatable bonds is 6. The molecule has 6 nitrogen and oxygen atoms in total. The highest BCUT2D eigenvalue weighted by Crippen LogP contribution is 2.03. The molecular formula is C10H22N4O2. The molecule has 0 radical (unpaired) electrons. The lowest BCUT2D eigenvalue weighted by atomic mass is 10.2. The summed E-state index contributed by atoms with van der Waals surface area (Å²) in [6, 6.07) is 0. The van der Waals surface area contributed by atoms with Crippen molar-refractivity contribution in [1.29, 1.82) is 0 Å². The van der Waals surface area contributed by atoms with E-state index in [9.17, 15) is 4.79 Å². The predicted molar refractivity (Wildman–Crippen MR) is 61.9 cm³/mol. The third kappa shape index (κ3) is 5.41. The first-order chi connectivity index (χ1) is 7.72. The number of morpholine rings is 1. The van der Waals surface area contributed by atoms with Gasteiger partial charge in [0.05, 0.1) is 12.7 Å². The molecule has 0 aromatic heterocycles. The third-order valence-electron chi connectivity index (χ3n) is 2.55. The van der Waals surface area contributed by atoms with E-state index in [1.54, 1.807) is 0 Å². The standard InChI is InChI=1S/C10H22N4O2/c1-9(15)13-6-10-7-14(4-5-16-10)3-2-12-8-11/h10,12H,2-8,11H2,1H3,(H,13,15). The van der Waals surface area contributed by atoms with Gasteiger partial charge in [0, 0.05) is 46.3 Å². The van der Waals surface area contributed by atoms with Crippen LogP contribution in [0.25, 0.3) is 0 Å². The minimum Gasteiger partial charge on any atom is -0.374 e. The molecule has 6 heteroatoms. The number of hydrogen-bond acceptors (Lipinski definition) is 5. The Kier molecular flexibility index (Phi) is 6.32. The number of hydrogen-bond donors (Lipinski definition) is 3. The molecule has 16 heavy (non-hydrogen) atoms. The van der Waals surface area contributed by atoms with Crippen LogP contribution in [0.4, 0.5) is 0 Å². The Hall–Kier alpha value is -0.690. The fourth-order valence-electron chi connectivity index (χ4n) is 1.70. The van der Waals surface area contributed by atoms with Crippen LogP contribution in [0.1, 0.15) is 6.92 Å². The van der Waals surface area contributed by atoms with E-state index in [0.29, 0.717) is 13.2 Å². The van der Waals surface area contributed by atoms with E-state index in [4.69, 9.17) is 10.5 Å². The second-order valence-corrected chi connectivity index (χ2v) is 3.93. The van der Waals surface area contributed by atoms with E-state index in [0.717, 1.165) is 32.8 Å². The maximum absolute atomic E-state index is 10.8. The SMILES string of the molecule is CC(=O)NCC1CN(CCNCN)CCO1. The summed E-state index contributed by atoms with van der Waals surface area (Å²) in [6.07, 6.45) is 0.107. The maximum atomic E-state index is 10.8. The first kappa shape index (κ1) is 13.4. The highest BCUT2D eigenvalue weighted by molar-refractivity contribution is 5.72. The van der Waals surface area contributed by atoms with Crippen LogP contribution < -0.4 is 16.4 Å². The number of nitrogens with two attached hydrogens (primary N) is 1. The molecule has 0 aromatic rings. The zero-order valence-electron chi connectivity index (χ0n) is 9.87. The molecular weight excluding hydrogens is 208 g/mol. The first-order valence-electron chi connectivity index (χ1n) is 5.71. The highest BCUT2D eigenvalue weighted by Gasteiger charge is 2.19. The zero-order valence-corrected chi connectivity index (χ0v) is 9.87. The summed E-state index contributed by atoms with van der Waals surface area (Å²) in [5.41, 5.74) is 5.35. The summed E-state index contributed by atoms with van der Waals surface area (Å²) in [5, 5.41) is 5.86. The van der Waals surface area contributed by atoms with Crippen molar-refractivity contribution in [2.45, 2.75) is 13.0 Å². The maximum Gasteiger partial charge on any atom is 0.216 e. The van der Waals surface area contributed by atoms with Crippen molar-refractivity contribution in [3.8, 4) is 0 Å². The Labute approximate surface area is 96.5 Å². The van der Waals surface area contributed by atoms with Crippen LogP contribution in [0, 0.1) is 0 Å². The Bertz CT molecular complexity index is 213. The number of carbonyl (C=O) groups excluding carboxylic acids is 1. The fourth-order valence-corrected chi connectivity index (χ4v) is 1.70. The largest absolute Gasteiger partial charge is 0.374 e. The number of nitrogens with one attached hydrogen (secondary N) is 2. The molecule has 0 aliphatic carbocycles. The van der Waals surface area contributed by atoms with Gasteiger partial charge in [-0.3, -0.25) is 9.69 Å². The van der Waals surface area contributed by atoms with Gasteiger partial charge in [0.1, 0.15) is 0 Å². The van der Waals surface area contributed by atoms with Crippen molar-refractivity contribution < 1.29 is 9.53 Å². The van der Waals surface area contributed by atoms with Crippen molar-refractivity contribution in [3.05, 3.63) is 0 Å². The van der Waals surface area contributed by atoms with Crippen LogP contribution in [0.5, 0.6) is 0 Å². The average Bonchev–Trinajstić information content (AvgIpc) is 2.27. The molecule has 0 saturated carbocycles. The van der Waals surface area contributed by atoms with Crippen molar-refractivity contribution in [1.82, 2.24) is 15.5 Å². The van der Waals surface area contributed by atoms with Gasteiger partial charge in [-0.1, -0.05) is 0 Å². The van der Waals surface area contributed by atoms with E-state index in [-0.39, 0.29) is 12.0 Å². The number of amides is 1. The average molecular weight is 230 g/mol. The molecule has 1 heterocycles. The van der Waals surface area contributed by atoms with Gasteiger partial charge in [0.2, 0.25) is 5.91 Å². The van der Waals surface area contributed by atoms with Crippen LogP contribution in [0.15, 0.2) is 0 Å². The quantitative estimate of drug-likeness (QED) is 0.375. The first-order valence-corrected chi connectivity index (χ1v) is 5.71. The van der Waals surface area contributed by atoms with Gasteiger partial charge in [-0.2, -0.15) is 0 Å². The highest BCUT2D eigenvalue weighted by atomic mass is 16.5. The van der Waals surface area contributed by atoms with E-state index in [1.165, 1.54) is 6.92 Å². The summed E-state index contributed by atoms with van der Waals surface area (Å²) >= 11 is 0. The van der Waals surface area contributed by atoms with E-state index >= 15 is 0 Å². The summed E-state index contributed by atoms with van der Waals surface area (Å²) in [4.78, 5) is 13.1. The van der Waals surface area contributed by atoms with Gasteiger partial charge >= 0.3 is 0 Å². The van der Waals surface area contributed by atoms with Crippen LogP contribution >= 0.6 is 0 Å². The second kappa shape index (κ2) is 7.56. The lowest BCUT2D eigenvalue weighted by Gasteiger charge is -2.32. The summed E-state index contributed by atoms with van der Waals surface area (Å²) in [7, 11) is 0. The fraction of sp³-hybridized carbons (Fsp3) is 0.900. The van der Waals surface area contributed by atoms with Crippen LogP contribution in [-0.2, 0) is 9.53 Å². The third-order valence-corrected chi connectivity index (χ3v) is 2.55. The molecule has 1 aliphatic heterocycles. The van der Waals surface area contributed by atoms with E-state index in [2.05, 4.69) is 15.5 Å². The van der Waals surface area contributed by atoms with Gasteiger partial charge in [-0.25, -0.2) is 0 Å². The molecule has 1 rings (SSSR count). The molecule has 1 saturated heterocycles. The lowest BCUT2D eigenvalue weighted by molar-refractivity contribution is -0.120. The number of nitrogens with zero attached hydrogens (tertiary/aromatic N) is 1. The van der Waals surface area contributed by atoms with E-state index < -0.39 is 0 Å². The predicted octanol–water partition coefficient (Wildman–Crippen LogP) is -1.67. The number of ether oxygens (including phenoxy) is 1. The molecule has 1 unspecified atom stereocenters. The van der Waals surface area contributed by atoms with E-state index in [1.807, 2.05) is 0 Å². The molecule has 4 N–H and O–H groups in total. The summed E-state index contributed by atoms with van der Waals surface area (Å²) in [6.45, 7) is 7.03. The summed E-state index contributed by atoms with van der Waals surface area (Å²) < 4.78 is 5.56. The molecule has 0 bridgehead atoms. The van der Waals surface area contributed by atoms with Crippen molar-refractivity contribution in [2.24, 2.45) is 5.73 Å². The molecule has 0 aromatic carbocycles. The second-order valence-electron chi connectivity index (χ2n) is 3.93. The molecule has 1 atom stereocenters.